The molecule has 1 spiro atoms. The van der Waals surface area contributed by atoms with Gasteiger partial charge in [0.25, 0.3) is 6.43 Å². The molecular formula is C24H25F2N7O2. The zero-order chi connectivity index (χ0) is 23.9. The fourth-order valence-electron chi connectivity index (χ4n) is 6.21. The molecule has 9 nitrogen and oxygen atoms in total. The van der Waals surface area contributed by atoms with Gasteiger partial charge in [0.2, 0.25) is 11.8 Å². The second-order valence-corrected chi connectivity index (χ2v) is 9.80. The van der Waals surface area contributed by atoms with E-state index in [4.69, 9.17) is 14.5 Å². The molecule has 3 fully saturated rings. The Kier molecular flexibility index (Phi) is 4.39. The number of pyridine rings is 1. The zero-order valence-corrected chi connectivity index (χ0v) is 19.4. The van der Waals surface area contributed by atoms with E-state index in [2.05, 4.69) is 25.3 Å². The number of hydrogen-bond donors (Lipinski definition) is 2. The van der Waals surface area contributed by atoms with Gasteiger partial charge >= 0.3 is 0 Å². The Balaban J connectivity index is 1.22. The van der Waals surface area contributed by atoms with Crippen LogP contribution in [0.3, 0.4) is 0 Å². The number of aryl methyl sites for hydroxylation is 1. The highest BCUT2D eigenvalue weighted by Gasteiger charge is 2.73. The van der Waals surface area contributed by atoms with Gasteiger partial charge in [-0.1, -0.05) is 0 Å². The van der Waals surface area contributed by atoms with Crippen LogP contribution in [0, 0.1) is 18.8 Å². The number of aromatic amines is 1. The number of methoxy groups -OCH3 is 1. The minimum atomic E-state index is -2.49. The van der Waals surface area contributed by atoms with Crippen LogP contribution in [0.25, 0.3) is 33.3 Å². The SMILES string of the molecule is COc1nc(N[C@H]2CC[C@]34OCC3C4C2)nc2[nH]cc(-c3cnc4nc(C)n(CC(F)F)c4c3)c12. The van der Waals surface area contributed by atoms with Crippen molar-refractivity contribution in [3.8, 4) is 17.0 Å². The Morgan fingerprint density at radius 2 is 2.20 bits per heavy atom. The lowest BCUT2D eigenvalue weighted by molar-refractivity contribution is -0.0769. The van der Waals surface area contributed by atoms with Crippen molar-refractivity contribution in [2.75, 3.05) is 19.0 Å². The molecule has 35 heavy (non-hydrogen) atoms. The number of ether oxygens (including phenoxy) is 2. The summed E-state index contributed by atoms with van der Waals surface area (Å²) in [6, 6.07) is 2.13. The van der Waals surface area contributed by atoms with E-state index in [9.17, 15) is 8.78 Å². The van der Waals surface area contributed by atoms with Crippen LogP contribution in [0.1, 0.15) is 25.1 Å². The molecule has 2 saturated carbocycles. The van der Waals surface area contributed by atoms with Crippen molar-refractivity contribution >= 4 is 28.1 Å². The van der Waals surface area contributed by atoms with Gasteiger partial charge in [-0.05, 0) is 38.2 Å². The summed E-state index contributed by atoms with van der Waals surface area (Å²) in [5.41, 5.74) is 3.34. The Hall–Kier alpha value is -3.34. The number of anilines is 1. The number of alkyl halides is 2. The lowest BCUT2D eigenvalue weighted by Crippen LogP contribution is -2.36. The minimum absolute atomic E-state index is 0.188. The van der Waals surface area contributed by atoms with Crippen molar-refractivity contribution < 1.29 is 18.3 Å². The van der Waals surface area contributed by atoms with Crippen molar-refractivity contribution in [1.29, 1.82) is 0 Å². The molecule has 182 valence electrons. The molecule has 4 aromatic heterocycles. The molecule has 1 saturated heterocycles. The van der Waals surface area contributed by atoms with Crippen LogP contribution >= 0.6 is 0 Å². The molecule has 0 amide bonds. The first-order valence-electron chi connectivity index (χ1n) is 11.9. The van der Waals surface area contributed by atoms with Gasteiger partial charge in [0.05, 0.1) is 36.8 Å². The summed E-state index contributed by atoms with van der Waals surface area (Å²) in [5.74, 6) is 2.86. The Morgan fingerprint density at radius 1 is 1.31 bits per heavy atom. The van der Waals surface area contributed by atoms with Crippen LogP contribution < -0.4 is 10.1 Å². The summed E-state index contributed by atoms with van der Waals surface area (Å²) in [5, 5.41) is 4.21. The van der Waals surface area contributed by atoms with E-state index >= 15 is 0 Å². The smallest absolute Gasteiger partial charge is 0.256 e. The largest absolute Gasteiger partial charge is 0.480 e. The maximum atomic E-state index is 13.1. The fraction of sp³-hybridized carbons (Fsp3) is 0.500. The first-order valence-corrected chi connectivity index (χ1v) is 11.9. The topological polar surface area (TPSA) is 103 Å². The number of imidazole rings is 1. The standard InChI is InChI=1S/C24H25F2N7O2/c1-11-29-20-17(33(11)9-18(25)26)5-12(7-27-20)14-8-28-21-19(14)22(34-2)32-23(31-21)30-13-3-4-24-15(6-13)16(24)10-35-24/h5,7-8,13,15-16,18H,3-4,6,9-10H2,1-2H3,(H2,28,30,31,32)/t13-,15?,16?,24+/m0/s1. The summed E-state index contributed by atoms with van der Waals surface area (Å²) < 4.78 is 39.3. The van der Waals surface area contributed by atoms with Crippen molar-refractivity contribution in [2.24, 2.45) is 11.8 Å². The molecule has 3 aliphatic rings. The van der Waals surface area contributed by atoms with Gasteiger partial charge in [0.15, 0.2) is 5.65 Å². The van der Waals surface area contributed by atoms with Gasteiger partial charge in [-0.3, -0.25) is 0 Å². The molecule has 2 aliphatic carbocycles. The molecule has 0 aromatic carbocycles. The first kappa shape index (κ1) is 21.0. The lowest BCUT2D eigenvalue weighted by Gasteiger charge is -2.31. The van der Waals surface area contributed by atoms with Gasteiger partial charge in [-0.25, -0.2) is 18.7 Å². The predicted molar refractivity (Wildman–Crippen MR) is 125 cm³/mol. The van der Waals surface area contributed by atoms with E-state index in [1.54, 1.807) is 20.2 Å². The number of aromatic nitrogens is 6. The molecule has 5 heterocycles. The van der Waals surface area contributed by atoms with Gasteiger partial charge < -0.3 is 24.3 Å². The maximum absolute atomic E-state index is 13.1. The zero-order valence-electron chi connectivity index (χ0n) is 19.4. The molecule has 0 radical (unpaired) electrons. The molecular weight excluding hydrogens is 456 g/mol. The van der Waals surface area contributed by atoms with Crippen LogP contribution in [-0.4, -0.2) is 61.3 Å². The molecule has 4 aromatic rings. The van der Waals surface area contributed by atoms with Crippen molar-refractivity contribution in [3.05, 3.63) is 24.3 Å². The van der Waals surface area contributed by atoms with E-state index in [0.717, 1.165) is 42.9 Å². The van der Waals surface area contributed by atoms with E-state index < -0.39 is 13.0 Å². The number of halogens is 2. The van der Waals surface area contributed by atoms with Gasteiger partial charge in [0, 0.05) is 35.5 Å². The Bertz CT molecular complexity index is 1470. The molecule has 2 N–H and O–H groups in total. The van der Waals surface area contributed by atoms with Gasteiger partial charge in [-0.15, -0.1) is 0 Å². The molecule has 4 atom stereocenters. The normalized spacial score (nSPS) is 27.1. The summed E-state index contributed by atoms with van der Waals surface area (Å²) in [7, 11) is 1.58. The molecule has 7 rings (SSSR count). The van der Waals surface area contributed by atoms with E-state index in [1.807, 2.05) is 12.3 Å². The highest BCUT2D eigenvalue weighted by Crippen LogP contribution is 2.67. The predicted octanol–water partition coefficient (Wildman–Crippen LogP) is 3.93. The summed E-state index contributed by atoms with van der Waals surface area (Å²) in [6.07, 6.45) is 4.20. The summed E-state index contributed by atoms with van der Waals surface area (Å²) in [4.78, 5) is 21.3. The number of rotatable bonds is 6. The lowest BCUT2D eigenvalue weighted by atomic mass is 9.93. The summed E-state index contributed by atoms with van der Waals surface area (Å²) in [6.45, 7) is 2.18. The average Bonchev–Trinajstić information content (AvgIpc) is 3.14. The minimum Gasteiger partial charge on any atom is -0.480 e. The average molecular weight is 482 g/mol. The van der Waals surface area contributed by atoms with Crippen molar-refractivity contribution in [2.45, 2.75) is 50.8 Å². The van der Waals surface area contributed by atoms with E-state index in [0.29, 0.717) is 51.8 Å². The van der Waals surface area contributed by atoms with E-state index in [-0.39, 0.29) is 5.60 Å². The molecule has 1 aliphatic heterocycles. The second kappa shape index (κ2) is 7.33. The number of H-pyrrole nitrogens is 1. The monoisotopic (exact) mass is 481 g/mol. The number of fused-ring (bicyclic) bond motifs is 3. The van der Waals surface area contributed by atoms with Crippen LogP contribution in [-0.2, 0) is 11.3 Å². The number of nitrogens with one attached hydrogen (secondary N) is 2. The van der Waals surface area contributed by atoms with Gasteiger partial charge in [-0.2, -0.15) is 9.97 Å². The van der Waals surface area contributed by atoms with Gasteiger partial charge in [0.1, 0.15) is 11.5 Å². The quantitative estimate of drug-likeness (QED) is 0.430. The molecule has 2 unspecified atom stereocenters. The number of nitrogens with zero attached hydrogens (tertiary/aromatic N) is 5. The maximum Gasteiger partial charge on any atom is 0.256 e. The number of hydrogen-bond acceptors (Lipinski definition) is 7. The third-order valence-corrected chi connectivity index (χ3v) is 8.04. The highest BCUT2D eigenvalue weighted by molar-refractivity contribution is 5.98. The third kappa shape index (κ3) is 3.06. The highest BCUT2D eigenvalue weighted by atomic mass is 19.3. The van der Waals surface area contributed by atoms with Crippen LogP contribution in [0.5, 0.6) is 5.88 Å². The fourth-order valence-corrected chi connectivity index (χ4v) is 6.21. The second-order valence-electron chi connectivity index (χ2n) is 9.80. The van der Waals surface area contributed by atoms with E-state index in [1.165, 1.54) is 4.57 Å². The molecule has 0 bridgehead atoms. The van der Waals surface area contributed by atoms with Crippen molar-refractivity contribution in [1.82, 2.24) is 29.5 Å². The van der Waals surface area contributed by atoms with Crippen LogP contribution in [0.2, 0.25) is 0 Å². The Morgan fingerprint density at radius 3 is 2.94 bits per heavy atom. The van der Waals surface area contributed by atoms with Crippen LogP contribution in [0.4, 0.5) is 14.7 Å². The first-order chi connectivity index (χ1) is 17.0. The summed E-state index contributed by atoms with van der Waals surface area (Å²) >= 11 is 0. The third-order valence-electron chi connectivity index (χ3n) is 8.04. The van der Waals surface area contributed by atoms with Crippen LogP contribution in [0.15, 0.2) is 18.5 Å². The molecule has 11 heteroatoms. The Labute approximate surface area is 199 Å². The van der Waals surface area contributed by atoms with Crippen molar-refractivity contribution in [3.63, 3.8) is 0 Å².